The van der Waals surface area contributed by atoms with Crippen LogP contribution in [-0.2, 0) is 21.4 Å². The topological polar surface area (TPSA) is 84.9 Å². The largest absolute Gasteiger partial charge is 0.497 e. The molecule has 2 aromatic carbocycles. The Kier molecular flexibility index (Phi) is 7.23. The molecule has 0 aromatic heterocycles. The maximum absolute atomic E-state index is 12.9. The number of nitrogens with zero attached hydrogens (tertiary/aromatic N) is 1. The molecule has 0 aliphatic heterocycles. The van der Waals surface area contributed by atoms with Gasteiger partial charge in [-0.1, -0.05) is 38.1 Å². The van der Waals surface area contributed by atoms with Crippen molar-refractivity contribution in [2.75, 3.05) is 20.8 Å². The van der Waals surface area contributed by atoms with E-state index >= 15 is 0 Å². The number of hydrogen-bond acceptors (Lipinski definition) is 5. The number of hydrogen-bond donors (Lipinski definition) is 1. The smallest absolute Gasteiger partial charge is 0.244 e. The highest BCUT2D eigenvalue weighted by Crippen LogP contribution is 2.30. The fourth-order valence-corrected chi connectivity index (χ4v) is 4.50. The van der Waals surface area contributed by atoms with Crippen LogP contribution in [0.15, 0.2) is 47.4 Å². The highest BCUT2D eigenvalue weighted by molar-refractivity contribution is 7.89. The molecule has 3 rings (SSSR count). The summed E-state index contributed by atoms with van der Waals surface area (Å²) in [6.07, 6.45) is 1.87. The molecule has 1 aliphatic carbocycles. The number of benzene rings is 2. The first-order valence-electron chi connectivity index (χ1n) is 10.3. The van der Waals surface area contributed by atoms with Crippen LogP contribution in [0.1, 0.15) is 43.7 Å². The first kappa shape index (κ1) is 23.1. The minimum atomic E-state index is -3.96. The summed E-state index contributed by atoms with van der Waals surface area (Å²) in [6, 6.07) is 12.9. The Morgan fingerprint density at radius 2 is 1.77 bits per heavy atom. The van der Waals surface area contributed by atoms with Gasteiger partial charge in [0, 0.05) is 18.7 Å². The molecule has 0 spiro atoms. The molecule has 8 heteroatoms. The summed E-state index contributed by atoms with van der Waals surface area (Å²) < 4.78 is 38.4. The number of sulfonamides is 1. The Labute approximate surface area is 184 Å². The SMILES string of the molecule is COc1ccc(OC)c(S(=O)(=O)NCC(=O)N(Cc2ccc(C(C)C)cc2)C2CC2)c1. The lowest BCUT2D eigenvalue weighted by molar-refractivity contribution is -0.131. The van der Waals surface area contributed by atoms with Gasteiger partial charge >= 0.3 is 0 Å². The van der Waals surface area contributed by atoms with Gasteiger partial charge in [0.25, 0.3) is 0 Å². The van der Waals surface area contributed by atoms with Crippen LogP contribution in [0.4, 0.5) is 0 Å². The third kappa shape index (κ3) is 5.77. The van der Waals surface area contributed by atoms with Gasteiger partial charge in [0.1, 0.15) is 16.4 Å². The number of nitrogens with one attached hydrogen (secondary N) is 1. The van der Waals surface area contributed by atoms with E-state index in [4.69, 9.17) is 9.47 Å². The molecule has 0 heterocycles. The van der Waals surface area contributed by atoms with Gasteiger partial charge in [-0.15, -0.1) is 0 Å². The van der Waals surface area contributed by atoms with E-state index in [1.54, 1.807) is 11.0 Å². The molecule has 1 fully saturated rings. The van der Waals surface area contributed by atoms with Crippen molar-refractivity contribution in [1.29, 1.82) is 0 Å². The molecule has 1 N–H and O–H groups in total. The molecule has 0 bridgehead atoms. The molecule has 7 nitrogen and oxygen atoms in total. The number of carbonyl (C=O) groups excluding carboxylic acids is 1. The average Bonchev–Trinajstić information content (AvgIpc) is 3.61. The third-order valence-electron chi connectivity index (χ3n) is 5.38. The van der Waals surface area contributed by atoms with Gasteiger partial charge in [-0.2, -0.15) is 0 Å². The van der Waals surface area contributed by atoms with Crippen LogP contribution in [0, 0.1) is 0 Å². The zero-order valence-corrected chi connectivity index (χ0v) is 19.2. The lowest BCUT2D eigenvalue weighted by atomic mass is 10.0. The van der Waals surface area contributed by atoms with Gasteiger partial charge in [0.15, 0.2) is 0 Å². The Balaban J connectivity index is 1.70. The average molecular weight is 447 g/mol. The van der Waals surface area contributed by atoms with Crippen LogP contribution in [0.25, 0.3) is 0 Å². The summed E-state index contributed by atoms with van der Waals surface area (Å²) in [5.74, 6) is 0.765. The quantitative estimate of drug-likeness (QED) is 0.605. The minimum absolute atomic E-state index is 0.0654. The van der Waals surface area contributed by atoms with Crippen molar-refractivity contribution in [3.05, 3.63) is 53.6 Å². The van der Waals surface area contributed by atoms with E-state index < -0.39 is 10.0 Å². The standard InChI is InChI=1S/C23H30N2O5S/c1-16(2)18-7-5-17(6-8-18)15-25(19-9-10-19)23(26)14-24-31(27,28)22-13-20(29-3)11-12-21(22)30-4/h5-8,11-13,16,19,24H,9-10,14-15H2,1-4H3. The van der Waals surface area contributed by atoms with Gasteiger partial charge < -0.3 is 14.4 Å². The van der Waals surface area contributed by atoms with Crippen LogP contribution in [0.2, 0.25) is 0 Å². The highest BCUT2D eigenvalue weighted by atomic mass is 32.2. The predicted octanol–water partition coefficient (Wildman–Crippen LogP) is 3.30. The van der Waals surface area contributed by atoms with Gasteiger partial charge in [-0.3, -0.25) is 4.79 Å². The Morgan fingerprint density at radius 1 is 1.10 bits per heavy atom. The van der Waals surface area contributed by atoms with Crippen LogP contribution in [-0.4, -0.2) is 46.0 Å². The zero-order valence-electron chi connectivity index (χ0n) is 18.4. The van der Waals surface area contributed by atoms with Crippen molar-refractivity contribution in [2.24, 2.45) is 0 Å². The molecule has 0 radical (unpaired) electrons. The summed E-state index contributed by atoms with van der Waals surface area (Å²) in [4.78, 5) is 14.6. The van der Waals surface area contributed by atoms with Crippen molar-refractivity contribution >= 4 is 15.9 Å². The Hall–Kier alpha value is -2.58. The van der Waals surface area contributed by atoms with E-state index in [2.05, 4.69) is 30.7 Å². The van der Waals surface area contributed by atoms with Crippen LogP contribution in [0.5, 0.6) is 11.5 Å². The summed E-state index contributed by atoms with van der Waals surface area (Å²) >= 11 is 0. The molecule has 0 atom stereocenters. The normalized spacial score (nSPS) is 13.8. The summed E-state index contributed by atoms with van der Waals surface area (Å²) in [6.45, 7) is 4.42. The second-order valence-corrected chi connectivity index (χ2v) is 9.73. The molecule has 168 valence electrons. The highest BCUT2D eigenvalue weighted by Gasteiger charge is 2.33. The lowest BCUT2D eigenvalue weighted by Crippen LogP contribution is -2.41. The number of rotatable bonds is 10. The van der Waals surface area contributed by atoms with Gasteiger partial charge in [-0.05, 0) is 42.0 Å². The van der Waals surface area contributed by atoms with Crippen LogP contribution >= 0.6 is 0 Å². The molecule has 2 aromatic rings. The van der Waals surface area contributed by atoms with E-state index in [9.17, 15) is 13.2 Å². The number of carbonyl (C=O) groups is 1. The van der Waals surface area contributed by atoms with Crippen LogP contribution < -0.4 is 14.2 Å². The second-order valence-electron chi connectivity index (χ2n) is 7.99. The van der Waals surface area contributed by atoms with E-state index in [1.165, 1.54) is 31.9 Å². The number of ether oxygens (including phenoxy) is 2. The van der Waals surface area contributed by atoms with E-state index in [0.29, 0.717) is 18.2 Å². The summed E-state index contributed by atoms with van der Waals surface area (Å²) in [5.41, 5.74) is 2.27. The third-order valence-corrected chi connectivity index (χ3v) is 6.80. The summed E-state index contributed by atoms with van der Waals surface area (Å²) in [5, 5.41) is 0. The minimum Gasteiger partial charge on any atom is -0.497 e. The molecule has 1 saturated carbocycles. The van der Waals surface area contributed by atoms with Crippen molar-refractivity contribution in [2.45, 2.75) is 50.1 Å². The van der Waals surface area contributed by atoms with Crippen molar-refractivity contribution in [1.82, 2.24) is 9.62 Å². The molecule has 1 amide bonds. The maximum atomic E-state index is 12.9. The molecular weight excluding hydrogens is 416 g/mol. The summed E-state index contributed by atoms with van der Waals surface area (Å²) in [7, 11) is -1.11. The molecule has 0 unspecified atom stereocenters. The molecular formula is C23H30N2O5S. The van der Waals surface area contributed by atoms with Crippen LogP contribution in [0.3, 0.4) is 0 Å². The van der Waals surface area contributed by atoms with E-state index in [0.717, 1.165) is 18.4 Å². The van der Waals surface area contributed by atoms with Crippen molar-refractivity contribution in [3.63, 3.8) is 0 Å². The molecule has 31 heavy (non-hydrogen) atoms. The Bertz CT molecular complexity index is 1010. The van der Waals surface area contributed by atoms with Crippen molar-refractivity contribution in [3.8, 4) is 11.5 Å². The first-order chi connectivity index (χ1) is 14.7. The second kappa shape index (κ2) is 9.70. The molecule has 1 aliphatic rings. The van der Waals surface area contributed by atoms with Gasteiger partial charge in [0.05, 0.1) is 20.8 Å². The van der Waals surface area contributed by atoms with E-state index in [-0.39, 0.29) is 29.1 Å². The lowest BCUT2D eigenvalue weighted by Gasteiger charge is -2.23. The maximum Gasteiger partial charge on any atom is 0.244 e. The molecule has 0 saturated heterocycles. The van der Waals surface area contributed by atoms with Crippen molar-refractivity contribution < 1.29 is 22.7 Å². The number of amides is 1. The van der Waals surface area contributed by atoms with Gasteiger partial charge in [-0.25, -0.2) is 13.1 Å². The monoisotopic (exact) mass is 446 g/mol. The fourth-order valence-electron chi connectivity index (χ4n) is 3.34. The number of methoxy groups -OCH3 is 2. The van der Waals surface area contributed by atoms with E-state index in [1.807, 2.05) is 12.1 Å². The Morgan fingerprint density at radius 3 is 2.32 bits per heavy atom. The zero-order chi connectivity index (χ0) is 22.6. The fraction of sp³-hybridized carbons (Fsp3) is 0.435. The van der Waals surface area contributed by atoms with Gasteiger partial charge in [0.2, 0.25) is 15.9 Å². The predicted molar refractivity (Wildman–Crippen MR) is 119 cm³/mol. The first-order valence-corrected chi connectivity index (χ1v) is 11.8.